The van der Waals surface area contributed by atoms with Crippen LogP contribution in [-0.4, -0.2) is 9.97 Å². The molecule has 1 heterocycles. The van der Waals surface area contributed by atoms with Crippen molar-refractivity contribution in [1.29, 1.82) is 0 Å². The monoisotopic (exact) mass is 357 g/mol. The van der Waals surface area contributed by atoms with Crippen LogP contribution in [-0.2, 0) is 0 Å². The van der Waals surface area contributed by atoms with E-state index in [0.29, 0.717) is 11.5 Å². The van der Waals surface area contributed by atoms with Crippen LogP contribution in [0, 0.1) is 13.8 Å². The molecule has 0 unspecified atom stereocenters. The van der Waals surface area contributed by atoms with Crippen molar-refractivity contribution in [2.45, 2.75) is 13.8 Å². The van der Waals surface area contributed by atoms with Crippen molar-refractivity contribution < 1.29 is 9.47 Å². The molecule has 0 aliphatic heterocycles. The Morgan fingerprint density at radius 2 is 1.33 bits per heavy atom. The van der Waals surface area contributed by atoms with Gasteiger partial charge in [-0.15, -0.1) is 0 Å². The molecule has 4 aromatic rings. The minimum atomic E-state index is 0.254. The van der Waals surface area contributed by atoms with Gasteiger partial charge in [0.25, 0.3) is 0 Å². The van der Waals surface area contributed by atoms with Crippen LogP contribution in [0.4, 0.5) is 5.69 Å². The first-order valence-corrected chi connectivity index (χ1v) is 8.62. The topological polar surface area (TPSA) is 70.3 Å². The third kappa shape index (κ3) is 3.67. The summed E-state index contributed by atoms with van der Waals surface area (Å²) < 4.78 is 11.8. The summed E-state index contributed by atoms with van der Waals surface area (Å²) in [6.07, 6.45) is 1.38. The van der Waals surface area contributed by atoms with Crippen LogP contribution >= 0.6 is 0 Å². The van der Waals surface area contributed by atoms with Crippen molar-refractivity contribution in [1.82, 2.24) is 9.97 Å². The predicted molar refractivity (Wildman–Crippen MR) is 106 cm³/mol. The second-order valence-electron chi connectivity index (χ2n) is 6.43. The fourth-order valence-corrected chi connectivity index (χ4v) is 2.97. The van der Waals surface area contributed by atoms with E-state index >= 15 is 0 Å². The van der Waals surface area contributed by atoms with Gasteiger partial charge in [0, 0.05) is 0 Å². The number of ether oxygens (including phenoxy) is 2. The van der Waals surface area contributed by atoms with Crippen molar-refractivity contribution in [2.75, 3.05) is 5.73 Å². The minimum Gasteiger partial charge on any atom is -0.437 e. The number of aryl methyl sites for hydroxylation is 2. The largest absolute Gasteiger partial charge is 0.437 e. The maximum atomic E-state index is 6.19. The van der Waals surface area contributed by atoms with E-state index in [-0.39, 0.29) is 17.4 Å². The molecular weight excluding hydrogens is 338 g/mol. The van der Waals surface area contributed by atoms with Crippen LogP contribution in [0.1, 0.15) is 11.1 Å². The summed E-state index contributed by atoms with van der Waals surface area (Å²) in [6.45, 7) is 4.02. The molecule has 4 rings (SSSR count). The van der Waals surface area contributed by atoms with Gasteiger partial charge in [-0.2, -0.15) is 9.97 Å². The van der Waals surface area contributed by atoms with Crippen LogP contribution in [0.15, 0.2) is 67.0 Å². The number of benzene rings is 3. The van der Waals surface area contributed by atoms with E-state index in [0.717, 1.165) is 21.9 Å². The summed E-state index contributed by atoms with van der Waals surface area (Å²) >= 11 is 0. The maximum Gasteiger partial charge on any atom is 0.249 e. The maximum absolute atomic E-state index is 6.19. The Morgan fingerprint density at radius 1 is 0.704 bits per heavy atom. The Hall–Kier alpha value is -3.60. The van der Waals surface area contributed by atoms with Crippen molar-refractivity contribution in [3.8, 4) is 23.3 Å². The molecule has 0 saturated heterocycles. The Balaban J connectivity index is 1.62. The Morgan fingerprint density at radius 3 is 2.04 bits per heavy atom. The van der Waals surface area contributed by atoms with Crippen molar-refractivity contribution in [3.63, 3.8) is 0 Å². The average molecular weight is 357 g/mol. The molecule has 27 heavy (non-hydrogen) atoms. The van der Waals surface area contributed by atoms with E-state index in [2.05, 4.69) is 16.0 Å². The van der Waals surface area contributed by atoms with Gasteiger partial charge >= 0.3 is 0 Å². The van der Waals surface area contributed by atoms with Gasteiger partial charge in [-0.25, -0.2) is 0 Å². The second kappa shape index (κ2) is 6.96. The van der Waals surface area contributed by atoms with Gasteiger partial charge in [0.2, 0.25) is 11.8 Å². The van der Waals surface area contributed by atoms with Gasteiger partial charge in [0.05, 0.1) is 0 Å². The molecule has 0 radical (unpaired) electrons. The van der Waals surface area contributed by atoms with E-state index in [1.165, 1.54) is 6.33 Å². The number of aromatic nitrogens is 2. The first-order valence-electron chi connectivity index (χ1n) is 8.62. The van der Waals surface area contributed by atoms with Crippen molar-refractivity contribution in [3.05, 3.63) is 78.1 Å². The molecule has 5 nitrogen and oxygen atoms in total. The quantitative estimate of drug-likeness (QED) is 0.528. The zero-order chi connectivity index (χ0) is 18.8. The molecule has 0 saturated carbocycles. The molecule has 0 aliphatic rings. The normalized spacial score (nSPS) is 10.7. The molecule has 0 spiro atoms. The van der Waals surface area contributed by atoms with Gasteiger partial charge in [0.15, 0.2) is 5.69 Å². The number of nitrogens with two attached hydrogens (primary N) is 1. The number of anilines is 1. The fourth-order valence-electron chi connectivity index (χ4n) is 2.97. The van der Waals surface area contributed by atoms with Gasteiger partial charge in [-0.3, -0.25) is 0 Å². The molecular formula is C22H19N3O2. The molecule has 1 aromatic heterocycles. The second-order valence-corrected chi connectivity index (χ2v) is 6.43. The molecule has 134 valence electrons. The van der Waals surface area contributed by atoms with E-state index in [1.807, 2.05) is 68.4 Å². The molecule has 0 bridgehead atoms. The summed E-state index contributed by atoms with van der Waals surface area (Å²) in [7, 11) is 0. The molecule has 0 fully saturated rings. The number of rotatable bonds is 4. The highest BCUT2D eigenvalue weighted by Crippen LogP contribution is 2.34. The van der Waals surface area contributed by atoms with Crippen LogP contribution in [0.3, 0.4) is 0 Å². The Labute approximate surface area is 157 Å². The van der Waals surface area contributed by atoms with Crippen LogP contribution in [0.5, 0.6) is 23.3 Å². The smallest absolute Gasteiger partial charge is 0.249 e. The third-order valence-corrected chi connectivity index (χ3v) is 4.16. The van der Waals surface area contributed by atoms with Crippen LogP contribution in [0.2, 0.25) is 0 Å². The zero-order valence-electron chi connectivity index (χ0n) is 15.1. The van der Waals surface area contributed by atoms with Crippen LogP contribution < -0.4 is 15.2 Å². The van der Waals surface area contributed by atoms with Crippen molar-refractivity contribution in [2.24, 2.45) is 0 Å². The lowest BCUT2D eigenvalue weighted by molar-refractivity contribution is 0.438. The molecule has 0 atom stereocenters. The molecule has 2 N–H and O–H groups in total. The number of hydrogen-bond donors (Lipinski definition) is 1. The Kier molecular flexibility index (Phi) is 4.34. The van der Waals surface area contributed by atoms with E-state index in [4.69, 9.17) is 15.2 Å². The summed E-state index contributed by atoms with van der Waals surface area (Å²) in [5, 5.41) is 2.22. The standard InChI is InChI=1S/C22H19N3O2/c1-14-9-15(2)11-19(10-14)27-22-20(23)21(24-13-25-22)26-18-8-7-16-5-3-4-6-17(16)12-18/h3-13H,23H2,1-2H3. The number of hydrogen-bond acceptors (Lipinski definition) is 5. The highest BCUT2D eigenvalue weighted by molar-refractivity contribution is 5.83. The summed E-state index contributed by atoms with van der Waals surface area (Å²) in [6, 6.07) is 19.8. The summed E-state index contributed by atoms with van der Waals surface area (Å²) in [5.41, 5.74) is 8.65. The van der Waals surface area contributed by atoms with E-state index in [9.17, 15) is 0 Å². The van der Waals surface area contributed by atoms with Gasteiger partial charge in [-0.1, -0.05) is 36.4 Å². The third-order valence-electron chi connectivity index (χ3n) is 4.16. The lowest BCUT2D eigenvalue weighted by atomic mass is 10.1. The minimum absolute atomic E-state index is 0.254. The van der Waals surface area contributed by atoms with Crippen molar-refractivity contribution >= 4 is 16.5 Å². The molecule has 3 aromatic carbocycles. The zero-order valence-corrected chi connectivity index (χ0v) is 15.1. The predicted octanol–water partition coefficient (Wildman–Crippen LogP) is 5.41. The summed E-state index contributed by atoms with van der Waals surface area (Å²) in [4.78, 5) is 8.30. The number of nitrogens with zero attached hydrogens (tertiary/aromatic N) is 2. The molecule has 5 heteroatoms. The average Bonchev–Trinajstić information content (AvgIpc) is 2.64. The highest BCUT2D eigenvalue weighted by atomic mass is 16.5. The SMILES string of the molecule is Cc1cc(C)cc(Oc2ncnc(Oc3ccc4ccccc4c3)c2N)c1. The molecule has 0 aliphatic carbocycles. The van der Waals surface area contributed by atoms with Gasteiger partial charge in [0.1, 0.15) is 17.8 Å². The fraction of sp³-hybridized carbons (Fsp3) is 0.0909. The molecule has 0 amide bonds. The lowest BCUT2D eigenvalue weighted by Gasteiger charge is -2.12. The van der Waals surface area contributed by atoms with Gasteiger partial charge in [-0.05, 0) is 60.0 Å². The van der Waals surface area contributed by atoms with E-state index in [1.54, 1.807) is 0 Å². The number of fused-ring (bicyclic) bond motifs is 1. The van der Waals surface area contributed by atoms with Gasteiger partial charge < -0.3 is 15.2 Å². The number of nitrogen functional groups attached to an aromatic ring is 1. The summed E-state index contributed by atoms with van der Waals surface area (Å²) in [5.74, 6) is 1.86. The Bertz CT molecular complexity index is 1110. The first kappa shape index (κ1) is 16.8. The first-order chi connectivity index (χ1) is 13.1. The highest BCUT2D eigenvalue weighted by Gasteiger charge is 2.13. The lowest BCUT2D eigenvalue weighted by Crippen LogP contribution is -2.00. The van der Waals surface area contributed by atoms with Crippen LogP contribution in [0.25, 0.3) is 10.8 Å². The van der Waals surface area contributed by atoms with E-state index < -0.39 is 0 Å².